The zero-order valence-electron chi connectivity index (χ0n) is 8.22. The molecule has 1 atom stereocenters. The Balaban J connectivity index is 2.66. The predicted octanol–water partition coefficient (Wildman–Crippen LogP) is 0.349. The number of aliphatic hydroxyl groups excluding tert-OH is 1. The van der Waals surface area contributed by atoms with Crippen LogP contribution in [0.5, 0.6) is 0 Å². The maximum Gasteiger partial charge on any atom is 0.214 e. The third-order valence-corrected chi connectivity index (χ3v) is 4.42. The standard InChI is InChI=1S/C9H17NO3S/c1-2-3-7-14(12,13)10-6-4-5-9(10)8-11/h2,9,11H,1,3-8H2/t9-/m0/s1. The third kappa shape index (κ3) is 2.56. The molecule has 0 spiro atoms. The molecule has 1 rings (SSSR count). The van der Waals surface area contributed by atoms with Crippen LogP contribution in [0.2, 0.25) is 0 Å². The molecule has 4 nitrogen and oxygen atoms in total. The van der Waals surface area contributed by atoms with Gasteiger partial charge >= 0.3 is 0 Å². The van der Waals surface area contributed by atoms with Crippen molar-refractivity contribution in [2.45, 2.75) is 25.3 Å². The van der Waals surface area contributed by atoms with Crippen LogP contribution >= 0.6 is 0 Å². The van der Waals surface area contributed by atoms with Crippen molar-refractivity contribution in [2.75, 3.05) is 18.9 Å². The molecule has 0 bridgehead atoms. The minimum atomic E-state index is -3.18. The van der Waals surface area contributed by atoms with Gasteiger partial charge in [0, 0.05) is 12.6 Å². The molecule has 1 aliphatic heterocycles. The lowest BCUT2D eigenvalue weighted by Gasteiger charge is -2.21. The van der Waals surface area contributed by atoms with E-state index in [-0.39, 0.29) is 18.4 Å². The zero-order chi connectivity index (χ0) is 10.6. The molecule has 0 radical (unpaired) electrons. The Kier molecular flexibility index (Phi) is 4.10. The highest BCUT2D eigenvalue weighted by molar-refractivity contribution is 7.89. The van der Waals surface area contributed by atoms with Gasteiger partial charge in [0.25, 0.3) is 0 Å². The van der Waals surface area contributed by atoms with E-state index in [0.717, 1.165) is 12.8 Å². The highest BCUT2D eigenvalue weighted by Gasteiger charge is 2.32. The van der Waals surface area contributed by atoms with Gasteiger partial charge in [-0.1, -0.05) is 6.08 Å². The number of hydrogen-bond acceptors (Lipinski definition) is 3. The summed E-state index contributed by atoms with van der Waals surface area (Å²) in [5, 5.41) is 9.00. The van der Waals surface area contributed by atoms with Gasteiger partial charge in [0.1, 0.15) is 0 Å². The fourth-order valence-corrected chi connectivity index (χ4v) is 3.44. The lowest BCUT2D eigenvalue weighted by Crippen LogP contribution is -2.38. The van der Waals surface area contributed by atoms with Crippen LogP contribution in [-0.4, -0.2) is 42.8 Å². The Morgan fingerprint density at radius 1 is 1.57 bits per heavy atom. The number of hydrogen-bond donors (Lipinski definition) is 1. The molecule has 5 heteroatoms. The van der Waals surface area contributed by atoms with Crippen LogP contribution in [0.15, 0.2) is 12.7 Å². The summed E-state index contributed by atoms with van der Waals surface area (Å²) in [5.41, 5.74) is 0. The highest BCUT2D eigenvalue weighted by atomic mass is 32.2. The van der Waals surface area contributed by atoms with Gasteiger partial charge in [-0.3, -0.25) is 0 Å². The fourth-order valence-electron chi connectivity index (χ4n) is 1.71. The molecule has 82 valence electrons. The van der Waals surface area contributed by atoms with Crippen LogP contribution < -0.4 is 0 Å². The average molecular weight is 219 g/mol. The second-order valence-electron chi connectivity index (χ2n) is 3.48. The van der Waals surface area contributed by atoms with E-state index >= 15 is 0 Å². The smallest absolute Gasteiger partial charge is 0.214 e. The van der Waals surface area contributed by atoms with Crippen molar-refractivity contribution in [1.29, 1.82) is 0 Å². The van der Waals surface area contributed by atoms with Crippen LogP contribution in [0.3, 0.4) is 0 Å². The van der Waals surface area contributed by atoms with E-state index < -0.39 is 10.0 Å². The fraction of sp³-hybridized carbons (Fsp3) is 0.778. The summed E-state index contributed by atoms with van der Waals surface area (Å²) < 4.78 is 24.9. The number of nitrogens with zero attached hydrogens (tertiary/aromatic N) is 1. The van der Waals surface area contributed by atoms with Crippen molar-refractivity contribution >= 4 is 10.0 Å². The molecule has 1 heterocycles. The van der Waals surface area contributed by atoms with Crippen molar-refractivity contribution in [3.63, 3.8) is 0 Å². The molecule has 1 fully saturated rings. The normalized spacial score (nSPS) is 23.9. The Bertz CT molecular complexity index is 286. The van der Waals surface area contributed by atoms with E-state index in [1.165, 1.54) is 4.31 Å². The van der Waals surface area contributed by atoms with Crippen molar-refractivity contribution in [2.24, 2.45) is 0 Å². The lowest BCUT2D eigenvalue weighted by molar-refractivity contribution is 0.213. The van der Waals surface area contributed by atoms with Crippen LogP contribution in [0.25, 0.3) is 0 Å². The Morgan fingerprint density at radius 3 is 2.86 bits per heavy atom. The first-order chi connectivity index (χ1) is 6.61. The van der Waals surface area contributed by atoms with E-state index in [1.807, 2.05) is 0 Å². The van der Waals surface area contributed by atoms with Crippen molar-refractivity contribution in [1.82, 2.24) is 4.31 Å². The van der Waals surface area contributed by atoms with Crippen LogP contribution in [0.4, 0.5) is 0 Å². The van der Waals surface area contributed by atoms with Crippen LogP contribution in [0, 0.1) is 0 Å². The monoisotopic (exact) mass is 219 g/mol. The molecule has 1 N–H and O–H groups in total. The van der Waals surface area contributed by atoms with Gasteiger partial charge in [0.05, 0.1) is 12.4 Å². The third-order valence-electron chi connectivity index (χ3n) is 2.47. The first kappa shape index (κ1) is 11.7. The second-order valence-corrected chi connectivity index (χ2v) is 5.52. The Labute approximate surface area is 85.3 Å². The molecular weight excluding hydrogens is 202 g/mol. The SMILES string of the molecule is C=CCCS(=O)(=O)N1CCC[C@H]1CO. The summed E-state index contributed by atoms with van der Waals surface area (Å²) in [6.07, 6.45) is 3.68. The van der Waals surface area contributed by atoms with Gasteiger partial charge in [0.2, 0.25) is 10.0 Å². The van der Waals surface area contributed by atoms with E-state index in [2.05, 4.69) is 6.58 Å². The minimum Gasteiger partial charge on any atom is -0.395 e. The largest absolute Gasteiger partial charge is 0.395 e. The molecule has 0 aromatic rings. The molecule has 0 aromatic carbocycles. The number of rotatable bonds is 5. The van der Waals surface area contributed by atoms with E-state index in [0.29, 0.717) is 13.0 Å². The molecule has 14 heavy (non-hydrogen) atoms. The molecule has 0 unspecified atom stereocenters. The van der Waals surface area contributed by atoms with E-state index in [1.54, 1.807) is 6.08 Å². The topological polar surface area (TPSA) is 57.6 Å². The molecule has 0 aromatic heterocycles. The maximum absolute atomic E-state index is 11.7. The number of aliphatic hydroxyl groups is 1. The van der Waals surface area contributed by atoms with Gasteiger partial charge in [0.15, 0.2) is 0 Å². The Hall–Kier alpha value is -0.390. The van der Waals surface area contributed by atoms with Crippen LogP contribution in [0.1, 0.15) is 19.3 Å². The summed E-state index contributed by atoms with van der Waals surface area (Å²) >= 11 is 0. The van der Waals surface area contributed by atoms with Gasteiger partial charge < -0.3 is 5.11 Å². The number of sulfonamides is 1. The summed E-state index contributed by atoms with van der Waals surface area (Å²) in [5.74, 6) is 0.104. The molecule has 1 saturated heterocycles. The summed E-state index contributed by atoms with van der Waals surface area (Å²) in [7, 11) is -3.18. The highest BCUT2D eigenvalue weighted by Crippen LogP contribution is 2.21. The predicted molar refractivity (Wildman–Crippen MR) is 55.4 cm³/mol. The summed E-state index contributed by atoms with van der Waals surface area (Å²) in [6.45, 7) is 3.97. The first-order valence-corrected chi connectivity index (χ1v) is 6.44. The Morgan fingerprint density at radius 2 is 2.29 bits per heavy atom. The molecule has 0 saturated carbocycles. The van der Waals surface area contributed by atoms with Crippen molar-refractivity contribution < 1.29 is 13.5 Å². The van der Waals surface area contributed by atoms with Gasteiger partial charge in [-0.05, 0) is 19.3 Å². The zero-order valence-corrected chi connectivity index (χ0v) is 9.04. The quantitative estimate of drug-likeness (QED) is 0.679. The van der Waals surface area contributed by atoms with E-state index in [9.17, 15) is 8.42 Å². The van der Waals surface area contributed by atoms with Gasteiger partial charge in [-0.15, -0.1) is 6.58 Å². The molecule has 1 aliphatic rings. The average Bonchev–Trinajstić information content (AvgIpc) is 2.63. The molecule has 0 amide bonds. The van der Waals surface area contributed by atoms with Crippen LogP contribution in [-0.2, 0) is 10.0 Å². The first-order valence-electron chi connectivity index (χ1n) is 4.83. The minimum absolute atomic E-state index is 0.0761. The maximum atomic E-state index is 11.7. The number of allylic oxidation sites excluding steroid dienone is 1. The molecule has 0 aliphatic carbocycles. The van der Waals surface area contributed by atoms with Crippen molar-refractivity contribution in [3.05, 3.63) is 12.7 Å². The molecular formula is C9H17NO3S. The second kappa shape index (κ2) is 4.91. The lowest BCUT2D eigenvalue weighted by atomic mass is 10.2. The van der Waals surface area contributed by atoms with Gasteiger partial charge in [-0.2, -0.15) is 4.31 Å². The van der Waals surface area contributed by atoms with Gasteiger partial charge in [-0.25, -0.2) is 8.42 Å². The summed E-state index contributed by atoms with van der Waals surface area (Å²) in [6, 6.07) is -0.204. The van der Waals surface area contributed by atoms with E-state index in [4.69, 9.17) is 5.11 Å². The summed E-state index contributed by atoms with van der Waals surface area (Å²) in [4.78, 5) is 0. The van der Waals surface area contributed by atoms with Crippen molar-refractivity contribution in [3.8, 4) is 0 Å².